The Labute approximate surface area is 117 Å². The van der Waals surface area contributed by atoms with E-state index in [1.54, 1.807) is 24.3 Å². The van der Waals surface area contributed by atoms with Gasteiger partial charge in [-0.15, -0.1) is 0 Å². The highest BCUT2D eigenvalue weighted by molar-refractivity contribution is 7.99. The molecule has 5 nitrogen and oxygen atoms in total. The van der Waals surface area contributed by atoms with E-state index in [0.29, 0.717) is 23.5 Å². The van der Waals surface area contributed by atoms with Crippen molar-refractivity contribution in [3.63, 3.8) is 0 Å². The minimum absolute atomic E-state index is 0.0473. The van der Waals surface area contributed by atoms with Gasteiger partial charge in [0.05, 0.1) is 12.7 Å². The van der Waals surface area contributed by atoms with E-state index in [1.807, 2.05) is 0 Å². The lowest BCUT2D eigenvalue weighted by Crippen LogP contribution is -2.15. The van der Waals surface area contributed by atoms with Crippen LogP contribution in [0, 0.1) is 0 Å². The maximum absolute atomic E-state index is 11.6. The van der Waals surface area contributed by atoms with Crippen LogP contribution in [0.4, 0.5) is 11.4 Å². The van der Waals surface area contributed by atoms with E-state index < -0.39 is 6.10 Å². The van der Waals surface area contributed by atoms with Crippen LogP contribution in [0.15, 0.2) is 24.3 Å². The quantitative estimate of drug-likeness (QED) is 0.423. The second kappa shape index (κ2) is 8.79. The summed E-state index contributed by atoms with van der Waals surface area (Å²) in [6.07, 6.45) is 0.486. The minimum Gasteiger partial charge on any atom is -0.399 e. The van der Waals surface area contributed by atoms with Gasteiger partial charge in [0, 0.05) is 23.5 Å². The first-order chi connectivity index (χ1) is 9.11. The van der Waals surface area contributed by atoms with Crippen LogP contribution >= 0.6 is 11.8 Å². The van der Waals surface area contributed by atoms with Crippen molar-refractivity contribution in [3.8, 4) is 0 Å². The topological polar surface area (TPSA) is 95.6 Å². The molecule has 19 heavy (non-hydrogen) atoms. The molecule has 1 aromatic rings. The second-order valence-electron chi connectivity index (χ2n) is 4.19. The van der Waals surface area contributed by atoms with Gasteiger partial charge in [-0.1, -0.05) is 6.07 Å². The molecular formula is C13H20N2O3S. The van der Waals surface area contributed by atoms with E-state index in [-0.39, 0.29) is 12.5 Å². The molecule has 0 spiro atoms. The normalized spacial score (nSPS) is 12.1. The fraction of sp³-hybridized carbons (Fsp3) is 0.462. The third kappa shape index (κ3) is 7.05. The number of carbonyl (C=O) groups excluding carboxylic acids is 1. The summed E-state index contributed by atoms with van der Waals surface area (Å²) in [4.78, 5) is 11.6. The van der Waals surface area contributed by atoms with Gasteiger partial charge < -0.3 is 21.3 Å². The van der Waals surface area contributed by atoms with Crippen molar-refractivity contribution >= 4 is 29.0 Å². The summed E-state index contributed by atoms with van der Waals surface area (Å²) in [7, 11) is 0. The van der Waals surface area contributed by atoms with Gasteiger partial charge in [-0.3, -0.25) is 4.79 Å². The molecule has 1 amide bonds. The highest BCUT2D eigenvalue weighted by atomic mass is 32.2. The smallest absolute Gasteiger partial charge is 0.224 e. The Hall–Kier alpha value is -1.24. The second-order valence-corrected chi connectivity index (χ2v) is 5.34. The number of nitrogens with two attached hydrogens (primary N) is 1. The largest absolute Gasteiger partial charge is 0.399 e. The molecule has 0 radical (unpaired) electrons. The molecule has 6 heteroatoms. The number of aliphatic hydroxyl groups is 2. The summed E-state index contributed by atoms with van der Waals surface area (Å²) in [5.41, 5.74) is 6.94. The molecule has 0 aliphatic heterocycles. The first-order valence-corrected chi connectivity index (χ1v) is 7.29. The van der Waals surface area contributed by atoms with E-state index in [2.05, 4.69) is 5.32 Å². The van der Waals surface area contributed by atoms with E-state index in [1.165, 1.54) is 11.8 Å². The number of anilines is 2. The van der Waals surface area contributed by atoms with Gasteiger partial charge >= 0.3 is 0 Å². The van der Waals surface area contributed by atoms with Crippen molar-refractivity contribution in [1.82, 2.24) is 0 Å². The zero-order chi connectivity index (χ0) is 14.1. The van der Waals surface area contributed by atoms with Gasteiger partial charge in [-0.05, 0) is 30.4 Å². The number of amides is 1. The summed E-state index contributed by atoms with van der Waals surface area (Å²) < 4.78 is 0. The Bertz CT molecular complexity index is 401. The lowest BCUT2D eigenvalue weighted by Gasteiger charge is -2.07. The summed E-state index contributed by atoms with van der Waals surface area (Å²) in [6.45, 7) is -0.219. The number of aliphatic hydroxyl groups excluding tert-OH is 2. The molecule has 1 atom stereocenters. The van der Waals surface area contributed by atoms with Crippen LogP contribution in [-0.4, -0.2) is 40.3 Å². The molecule has 0 aromatic heterocycles. The van der Waals surface area contributed by atoms with Crippen LogP contribution in [0.25, 0.3) is 0 Å². The molecular weight excluding hydrogens is 264 g/mol. The van der Waals surface area contributed by atoms with Crippen LogP contribution < -0.4 is 11.1 Å². The first-order valence-electron chi connectivity index (χ1n) is 6.14. The predicted molar refractivity (Wildman–Crippen MR) is 79.1 cm³/mol. The van der Waals surface area contributed by atoms with Gasteiger partial charge in [0.2, 0.25) is 5.91 Å². The van der Waals surface area contributed by atoms with E-state index in [4.69, 9.17) is 15.9 Å². The zero-order valence-electron chi connectivity index (χ0n) is 10.7. The molecule has 5 N–H and O–H groups in total. The lowest BCUT2D eigenvalue weighted by atomic mass is 10.2. The molecule has 1 rings (SSSR count). The van der Waals surface area contributed by atoms with Crippen LogP contribution in [0.1, 0.15) is 12.8 Å². The molecule has 1 aromatic carbocycles. The van der Waals surface area contributed by atoms with Gasteiger partial charge in [0.15, 0.2) is 0 Å². The molecule has 1 unspecified atom stereocenters. The number of rotatable bonds is 8. The van der Waals surface area contributed by atoms with Gasteiger partial charge in [-0.25, -0.2) is 0 Å². The molecule has 0 aliphatic rings. The highest BCUT2D eigenvalue weighted by Crippen LogP contribution is 2.13. The number of benzene rings is 1. The van der Waals surface area contributed by atoms with Crippen molar-refractivity contribution in [2.24, 2.45) is 0 Å². The van der Waals surface area contributed by atoms with E-state index >= 15 is 0 Å². The van der Waals surface area contributed by atoms with Crippen molar-refractivity contribution in [1.29, 1.82) is 0 Å². The Morgan fingerprint density at radius 2 is 2.26 bits per heavy atom. The molecule has 0 heterocycles. The average Bonchev–Trinajstić information content (AvgIpc) is 2.38. The summed E-state index contributed by atoms with van der Waals surface area (Å²) in [5.74, 6) is 1.23. The number of hydrogen-bond donors (Lipinski definition) is 4. The highest BCUT2D eigenvalue weighted by Gasteiger charge is 2.04. The standard InChI is InChI=1S/C13H20N2O3S/c14-10-3-1-4-11(7-10)15-13(18)5-2-6-19-9-12(17)8-16/h1,3-4,7,12,16-17H,2,5-6,8-9,14H2,(H,15,18). The van der Waals surface area contributed by atoms with E-state index in [9.17, 15) is 4.79 Å². The number of hydrogen-bond acceptors (Lipinski definition) is 5. The number of nitrogens with one attached hydrogen (secondary N) is 1. The minimum atomic E-state index is -0.675. The number of thioether (sulfide) groups is 1. The Morgan fingerprint density at radius 1 is 1.47 bits per heavy atom. The molecule has 0 saturated heterocycles. The monoisotopic (exact) mass is 284 g/mol. The van der Waals surface area contributed by atoms with Crippen LogP contribution in [0.3, 0.4) is 0 Å². The molecule has 0 aliphatic carbocycles. The van der Waals surface area contributed by atoms with E-state index in [0.717, 1.165) is 12.2 Å². The maximum Gasteiger partial charge on any atom is 0.224 e. The Kier molecular flexibility index (Phi) is 7.32. The number of nitrogen functional groups attached to an aromatic ring is 1. The van der Waals surface area contributed by atoms with Crippen molar-refractivity contribution in [3.05, 3.63) is 24.3 Å². The van der Waals surface area contributed by atoms with Crippen LogP contribution in [0.5, 0.6) is 0 Å². The van der Waals surface area contributed by atoms with Crippen LogP contribution in [0.2, 0.25) is 0 Å². The molecule has 0 saturated carbocycles. The van der Waals surface area contributed by atoms with Gasteiger partial charge in [-0.2, -0.15) is 11.8 Å². The Balaban J connectivity index is 2.15. The summed E-state index contributed by atoms with van der Waals surface area (Å²) >= 11 is 1.53. The van der Waals surface area contributed by atoms with Crippen molar-refractivity contribution in [2.45, 2.75) is 18.9 Å². The lowest BCUT2D eigenvalue weighted by molar-refractivity contribution is -0.116. The maximum atomic E-state index is 11.6. The van der Waals surface area contributed by atoms with Crippen molar-refractivity contribution in [2.75, 3.05) is 29.2 Å². The first kappa shape index (κ1) is 15.8. The van der Waals surface area contributed by atoms with Crippen LogP contribution in [-0.2, 0) is 4.79 Å². The zero-order valence-corrected chi connectivity index (χ0v) is 11.5. The van der Waals surface area contributed by atoms with Gasteiger partial charge in [0.1, 0.15) is 0 Å². The molecule has 106 valence electrons. The van der Waals surface area contributed by atoms with Crippen molar-refractivity contribution < 1.29 is 15.0 Å². The Morgan fingerprint density at radius 3 is 2.95 bits per heavy atom. The molecule has 0 fully saturated rings. The third-order valence-electron chi connectivity index (χ3n) is 2.38. The third-order valence-corrected chi connectivity index (χ3v) is 3.58. The summed E-state index contributed by atoms with van der Waals surface area (Å²) in [5, 5.41) is 20.5. The fourth-order valence-corrected chi connectivity index (χ4v) is 2.34. The molecule has 0 bridgehead atoms. The SMILES string of the molecule is Nc1cccc(NC(=O)CCCSCC(O)CO)c1. The number of carbonyl (C=O) groups is 1. The fourth-order valence-electron chi connectivity index (χ4n) is 1.45. The average molecular weight is 284 g/mol. The van der Waals surface area contributed by atoms with Gasteiger partial charge in [0.25, 0.3) is 0 Å². The summed E-state index contributed by atoms with van der Waals surface area (Å²) in [6, 6.07) is 7.06. The predicted octanol–water partition coefficient (Wildman–Crippen LogP) is 1.07.